The maximum absolute atomic E-state index is 3.68. The number of nitrogens with zero attached hydrogens (tertiary/aromatic N) is 1. The molecule has 0 aromatic rings. The molecule has 0 aromatic carbocycles. The zero-order valence-corrected chi connectivity index (χ0v) is 9.78. The first kappa shape index (κ1) is 10.5. The molecule has 2 aliphatic rings. The van der Waals surface area contributed by atoms with E-state index in [0.717, 1.165) is 12.6 Å². The molecule has 0 radical (unpaired) electrons. The van der Waals surface area contributed by atoms with Crippen LogP contribution in [0, 0.1) is 0 Å². The van der Waals surface area contributed by atoms with Crippen molar-refractivity contribution in [3.8, 4) is 0 Å². The predicted octanol–water partition coefficient (Wildman–Crippen LogP) is 1.34. The lowest BCUT2D eigenvalue weighted by Crippen LogP contribution is -2.41. The Bertz CT molecular complexity index is 207. The van der Waals surface area contributed by atoms with E-state index in [9.17, 15) is 0 Å². The van der Waals surface area contributed by atoms with E-state index in [0.29, 0.717) is 0 Å². The molecule has 1 fully saturated rings. The van der Waals surface area contributed by atoms with E-state index < -0.39 is 0 Å². The molecule has 1 N–H and O–H groups in total. The molecule has 0 unspecified atom stereocenters. The van der Waals surface area contributed by atoms with Gasteiger partial charge in [0.05, 0.1) is 0 Å². The monoisotopic (exact) mass is 212 g/mol. The Labute approximate surface area is 91.1 Å². The first-order valence-electron chi connectivity index (χ1n) is 5.52. The fourth-order valence-electron chi connectivity index (χ4n) is 2.04. The van der Waals surface area contributed by atoms with Crippen molar-refractivity contribution in [2.75, 3.05) is 38.2 Å². The van der Waals surface area contributed by atoms with Gasteiger partial charge in [0.15, 0.2) is 0 Å². The zero-order valence-electron chi connectivity index (χ0n) is 8.96. The summed E-state index contributed by atoms with van der Waals surface area (Å²) in [6.45, 7) is 3.64. The predicted molar refractivity (Wildman–Crippen MR) is 63.9 cm³/mol. The number of hydrogen-bond acceptors (Lipinski definition) is 3. The minimum Gasteiger partial charge on any atom is -0.310 e. The van der Waals surface area contributed by atoms with Gasteiger partial charge in [0.25, 0.3) is 0 Å². The Morgan fingerprint density at radius 3 is 2.93 bits per heavy atom. The van der Waals surface area contributed by atoms with Crippen molar-refractivity contribution in [2.24, 2.45) is 0 Å². The third kappa shape index (κ3) is 3.01. The van der Waals surface area contributed by atoms with Crippen LogP contribution in [-0.4, -0.2) is 49.1 Å². The highest BCUT2D eigenvalue weighted by molar-refractivity contribution is 7.99. The van der Waals surface area contributed by atoms with Crippen LogP contribution in [0.5, 0.6) is 0 Å². The Kier molecular flexibility index (Phi) is 3.90. The van der Waals surface area contributed by atoms with Crippen molar-refractivity contribution in [1.82, 2.24) is 10.2 Å². The van der Waals surface area contributed by atoms with Crippen molar-refractivity contribution < 1.29 is 0 Å². The van der Waals surface area contributed by atoms with Gasteiger partial charge in [-0.3, -0.25) is 0 Å². The lowest BCUT2D eigenvalue weighted by atomic mass is 10.1. The van der Waals surface area contributed by atoms with E-state index in [2.05, 4.69) is 23.3 Å². The summed E-state index contributed by atoms with van der Waals surface area (Å²) in [6.07, 6.45) is 5.01. The molecule has 0 amide bonds. The Hall–Kier alpha value is 0.01000. The minimum absolute atomic E-state index is 0.762. The maximum Gasteiger partial charge on any atom is 0.0175 e. The van der Waals surface area contributed by atoms with Crippen LogP contribution in [0.2, 0.25) is 0 Å². The summed E-state index contributed by atoms with van der Waals surface area (Å²) < 4.78 is 0. The first-order valence-corrected chi connectivity index (χ1v) is 6.67. The van der Waals surface area contributed by atoms with Crippen LogP contribution in [0.4, 0.5) is 0 Å². The largest absolute Gasteiger partial charge is 0.310 e. The van der Waals surface area contributed by atoms with E-state index >= 15 is 0 Å². The third-order valence-corrected chi connectivity index (χ3v) is 4.09. The van der Waals surface area contributed by atoms with Gasteiger partial charge >= 0.3 is 0 Å². The number of nitrogens with one attached hydrogen (secondary N) is 1. The van der Waals surface area contributed by atoms with Gasteiger partial charge in [-0.15, -0.1) is 0 Å². The van der Waals surface area contributed by atoms with Crippen LogP contribution < -0.4 is 5.32 Å². The Balaban J connectivity index is 1.65. The van der Waals surface area contributed by atoms with Crippen molar-refractivity contribution in [3.63, 3.8) is 0 Å². The smallest absolute Gasteiger partial charge is 0.0175 e. The van der Waals surface area contributed by atoms with Crippen LogP contribution in [0.3, 0.4) is 0 Å². The molecule has 14 heavy (non-hydrogen) atoms. The van der Waals surface area contributed by atoms with Crippen molar-refractivity contribution >= 4 is 11.8 Å². The molecule has 80 valence electrons. The maximum atomic E-state index is 3.68. The molecule has 0 atom stereocenters. The zero-order chi connectivity index (χ0) is 9.80. The van der Waals surface area contributed by atoms with Gasteiger partial charge in [-0.2, -0.15) is 11.8 Å². The Morgan fingerprint density at radius 2 is 2.29 bits per heavy atom. The Morgan fingerprint density at radius 1 is 1.50 bits per heavy atom. The molecule has 0 aromatic heterocycles. The van der Waals surface area contributed by atoms with Crippen LogP contribution in [-0.2, 0) is 0 Å². The summed E-state index contributed by atoms with van der Waals surface area (Å²) in [6, 6.07) is 0.762. The normalized spacial score (nSPS) is 25.4. The highest BCUT2D eigenvalue weighted by Gasteiger charge is 2.16. The molecular weight excluding hydrogens is 192 g/mol. The molecule has 2 nitrogen and oxygen atoms in total. The van der Waals surface area contributed by atoms with Crippen LogP contribution in [0.1, 0.15) is 12.8 Å². The molecule has 0 aliphatic carbocycles. The van der Waals surface area contributed by atoms with Crippen LogP contribution in [0.25, 0.3) is 0 Å². The lowest BCUT2D eigenvalue weighted by molar-refractivity contribution is 0.237. The standard InChI is InChI=1S/C11H20N2S/c1-13-5-2-11(3-6-13)12-8-10-4-7-14-9-10/h4,11-12H,2-3,5-9H2,1H3. The molecule has 2 rings (SSSR count). The van der Waals surface area contributed by atoms with Crippen molar-refractivity contribution in [3.05, 3.63) is 11.6 Å². The van der Waals surface area contributed by atoms with Gasteiger partial charge < -0.3 is 10.2 Å². The molecule has 0 saturated carbocycles. The SMILES string of the molecule is CN1CCC(NCC2=CCSC2)CC1. The molecule has 2 aliphatic heterocycles. The van der Waals surface area contributed by atoms with Gasteiger partial charge in [-0.1, -0.05) is 6.08 Å². The van der Waals surface area contributed by atoms with E-state index in [-0.39, 0.29) is 0 Å². The van der Waals surface area contributed by atoms with Gasteiger partial charge in [-0.25, -0.2) is 0 Å². The second-order valence-electron chi connectivity index (χ2n) is 4.34. The topological polar surface area (TPSA) is 15.3 Å². The fourth-order valence-corrected chi connectivity index (χ4v) is 2.99. The number of likely N-dealkylation sites (tertiary alicyclic amines) is 1. The van der Waals surface area contributed by atoms with E-state index in [4.69, 9.17) is 0 Å². The summed E-state index contributed by atoms with van der Waals surface area (Å²) >= 11 is 2.03. The second kappa shape index (κ2) is 5.19. The van der Waals surface area contributed by atoms with E-state index in [1.165, 1.54) is 37.4 Å². The molecule has 0 bridgehead atoms. The quantitative estimate of drug-likeness (QED) is 0.711. The average molecular weight is 212 g/mol. The number of hydrogen-bond donors (Lipinski definition) is 1. The summed E-state index contributed by atoms with van der Waals surface area (Å²) in [5.41, 5.74) is 1.61. The van der Waals surface area contributed by atoms with E-state index in [1.54, 1.807) is 5.57 Å². The van der Waals surface area contributed by atoms with Gasteiger partial charge in [0, 0.05) is 24.1 Å². The molecule has 3 heteroatoms. The van der Waals surface area contributed by atoms with Crippen molar-refractivity contribution in [1.29, 1.82) is 0 Å². The highest BCUT2D eigenvalue weighted by Crippen LogP contribution is 2.16. The van der Waals surface area contributed by atoms with Crippen LogP contribution >= 0.6 is 11.8 Å². The third-order valence-electron chi connectivity index (χ3n) is 3.11. The summed E-state index contributed by atoms with van der Waals surface area (Å²) in [7, 11) is 2.21. The second-order valence-corrected chi connectivity index (χ2v) is 5.37. The average Bonchev–Trinajstić information content (AvgIpc) is 2.70. The number of rotatable bonds is 3. The highest BCUT2D eigenvalue weighted by atomic mass is 32.2. The molecule has 2 heterocycles. The van der Waals surface area contributed by atoms with Gasteiger partial charge in [0.2, 0.25) is 0 Å². The summed E-state index contributed by atoms with van der Waals surface area (Å²) in [5, 5.41) is 3.68. The molecular formula is C11H20N2S. The lowest BCUT2D eigenvalue weighted by Gasteiger charge is -2.29. The fraction of sp³-hybridized carbons (Fsp3) is 0.818. The number of thioether (sulfide) groups is 1. The minimum atomic E-state index is 0.762. The van der Waals surface area contributed by atoms with Gasteiger partial charge in [-0.05, 0) is 38.6 Å². The molecule has 1 saturated heterocycles. The first-order chi connectivity index (χ1) is 6.84. The molecule has 0 spiro atoms. The van der Waals surface area contributed by atoms with E-state index in [1.807, 2.05) is 11.8 Å². The van der Waals surface area contributed by atoms with Gasteiger partial charge in [0.1, 0.15) is 0 Å². The summed E-state index contributed by atoms with van der Waals surface area (Å²) in [5.74, 6) is 2.48. The van der Waals surface area contributed by atoms with Crippen LogP contribution in [0.15, 0.2) is 11.6 Å². The van der Waals surface area contributed by atoms with Crippen molar-refractivity contribution in [2.45, 2.75) is 18.9 Å². The number of piperidine rings is 1. The summed E-state index contributed by atoms with van der Waals surface area (Å²) in [4.78, 5) is 2.42.